The van der Waals surface area contributed by atoms with Gasteiger partial charge in [-0.2, -0.15) is 18.3 Å². The van der Waals surface area contributed by atoms with Crippen LogP contribution in [0.4, 0.5) is 18.9 Å². The Hall–Kier alpha value is -2.61. The van der Waals surface area contributed by atoms with E-state index in [9.17, 15) is 13.2 Å². The molecule has 8 heteroatoms. The van der Waals surface area contributed by atoms with E-state index in [1.54, 1.807) is 24.3 Å². The number of alkyl halides is 3. The molecule has 2 aromatic rings. The fourth-order valence-electron chi connectivity index (χ4n) is 1.93. The highest BCUT2D eigenvalue weighted by atomic mass is 32.1. The molecule has 0 saturated carbocycles. The first-order chi connectivity index (χ1) is 11.4. The Morgan fingerprint density at radius 2 is 1.79 bits per heavy atom. The van der Waals surface area contributed by atoms with Crippen molar-refractivity contribution in [3.63, 3.8) is 0 Å². The van der Waals surface area contributed by atoms with E-state index in [2.05, 4.69) is 15.8 Å². The molecule has 0 aliphatic heterocycles. The second-order valence-electron chi connectivity index (χ2n) is 4.61. The molecule has 4 nitrogen and oxygen atoms in total. The molecule has 0 amide bonds. The Labute approximate surface area is 142 Å². The van der Waals surface area contributed by atoms with E-state index in [0.29, 0.717) is 11.4 Å². The lowest BCUT2D eigenvalue weighted by molar-refractivity contribution is -0.137. The number of ether oxygens (including phenoxy) is 1. The standard InChI is InChI=1S/C16H14F3N3OS/c1-23-14-9-5-4-8-13(14)21-15(24)22-20-10-11-6-2-3-7-12(11)16(17,18)19/h2-10H,1H3,(H2,21,22,24)/b20-10-. The highest BCUT2D eigenvalue weighted by Crippen LogP contribution is 2.31. The largest absolute Gasteiger partial charge is 0.495 e. The van der Waals surface area contributed by atoms with Gasteiger partial charge in [-0.05, 0) is 30.4 Å². The lowest BCUT2D eigenvalue weighted by Crippen LogP contribution is -2.24. The van der Waals surface area contributed by atoms with Crippen LogP contribution in [-0.4, -0.2) is 18.4 Å². The molecule has 0 aromatic heterocycles. The topological polar surface area (TPSA) is 45.6 Å². The maximum atomic E-state index is 12.9. The maximum Gasteiger partial charge on any atom is 0.417 e. The molecular formula is C16H14F3N3OS. The van der Waals surface area contributed by atoms with Gasteiger partial charge in [0, 0.05) is 5.56 Å². The average molecular weight is 353 g/mol. The van der Waals surface area contributed by atoms with E-state index >= 15 is 0 Å². The number of nitrogens with one attached hydrogen (secondary N) is 2. The van der Waals surface area contributed by atoms with Crippen LogP contribution in [0.2, 0.25) is 0 Å². The minimum Gasteiger partial charge on any atom is -0.495 e. The van der Waals surface area contributed by atoms with Gasteiger partial charge in [-0.3, -0.25) is 5.43 Å². The zero-order valence-electron chi connectivity index (χ0n) is 12.6. The molecule has 0 radical (unpaired) electrons. The van der Waals surface area contributed by atoms with Gasteiger partial charge in [-0.15, -0.1) is 0 Å². The van der Waals surface area contributed by atoms with E-state index in [0.717, 1.165) is 12.3 Å². The van der Waals surface area contributed by atoms with Crippen molar-refractivity contribution >= 4 is 29.2 Å². The molecule has 0 aliphatic rings. The minimum atomic E-state index is -4.45. The van der Waals surface area contributed by atoms with E-state index in [1.165, 1.54) is 25.3 Å². The molecule has 0 unspecified atom stereocenters. The summed E-state index contributed by atoms with van der Waals surface area (Å²) in [6.07, 6.45) is -3.38. The number of hydrogen-bond acceptors (Lipinski definition) is 3. The predicted molar refractivity (Wildman–Crippen MR) is 91.4 cm³/mol. The van der Waals surface area contributed by atoms with Crippen LogP contribution in [0.5, 0.6) is 5.75 Å². The fourth-order valence-corrected chi connectivity index (χ4v) is 2.09. The maximum absolute atomic E-state index is 12.9. The zero-order chi connectivity index (χ0) is 17.6. The highest BCUT2D eigenvalue weighted by molar-refractivity contribution is 7.80. The van der Waals surface area contributed by atoms with Crippen molar-refractivity contribution in [1.29, 1.82) is 0 Å². The van der Waals surface area contributed by atoms with E-state index in [1.807, 2.05) is 0 Å². The van der Waals surface area contributed by atoms with Gasteiger partial charge in [0.2, 0.25) is 0 Å². The van der Waals surface area contributed by atoms with Crippen LogP contribution in [-0.2, 0) is 6.18 Å². The van der Waals surface area contributed by atoms with Crippen LogP contribution in [0.3, 0.4) is 0 Å². The summed E-state index contributed by atoms with van der Waals surface area (Å²) in [5, 5.41) is 6.72. The molecule has 0 fully saturated rings. The summed E-state index contributed by atoms with van der Waals surface area (Å²) in [6.45, 7) is 0. The van der Waals surface area contributed by atoms with Gasteiger partial charge in [0.1, 0.15) is 5.75 Å². The first-order valence-corrected chi connectivity index (χ1v) is 7.22. The first kappa shape index (κ1) is 17.7. The van der Waals surface area contributed by atoms with Crippen molar-refractivity contribution in [2.24, 2.45) is 5.10 Å². The van der Waals surface area contributed by atoms with Crippen LogP contribution in [0.1, 0.15) is 11.1 Å². The van der Waals surface area contributed by atoms with Crippen LogP contribution >= 0.6 is 12.2 Å². The molecule has 2 N–H and O–H groups in total. The number of thiocarbonyl (C=S) groups is 1. The summed E-state index contributed by atoms with van der Waals surface area (Å²) in [6, 6.07) is 12.2. The number of benzene rings is 2. The third-order valence-corrected chi connectivity index (χ3v) is 3.18. The SMILES string of the molecule is COc1ccccc1NC(=S)N/N=C\c1ccccc1C(F)(F)F. The van der Waals surface area contributed by atoms with Crippen molar-refractivity contribution < 1.29 is 17.9 Å². The molecule has 24 heavy (non-hydrogen) atoms. The predicted octanol–water partition coefficient (Wildman–Crippen LogP) is 4.03. The Morgan fingerprint density at radius 1 is 1.12 bits per heavy atom. The van der Waals surface area contributed by atoms with Crippen molar-refractivity contribution in [2.45, 2.75) is 6.18 Å². The Kier molecular flexibility index (Phi) is 5.75. The second-order valence-corrected chi connectivity index (χ2v) is 5.02. The zero-order valence-corrected chi connectivity index (χ0v) is 13.4. The lowest BCUT2D eigenvalue weighted by atomic mass is 10.1. The van der Waals surface area contributed by atoms with Gasteiger partial charge < -0.3 is 10.1 Å². The normalized spacial score (nSPS) is 11.3. The minimum absolute atomic E-state index is 0.0578. The van der Waals surface area contributed by atoms with Crippen LogP contribution in [0, 0.1) is 0 Å². The van der Waals surface area contributed by atoms with Crippen molar-refractivity contribution in [3.05, 3.63) is 59.7 Å². The van der Waals surface area contributed by atoms with E-state index in [-0.39, 0.29) is 10.7 Å². The Balaban J connectivity index is 2.03. The van der Waals surface area contributed by atoms with Gasteiger partial charge >= 0.3 is 6.18 Å². The summed E-state index contributed by atoms with van der Waals surface area (Å²) >= 11 is 5.05. The number of nitrogens with zero attached hydrogens (tertiary/aromatic N) is 1. The molecule has 2 rings (SSSR count). The number of para-hydroxylation sites is 2. The van der Waals surface area contributed by atoms with Crippen LogP contribution < -0.4 is 15.5 Å². The Morgan fingerprint density at radius 3 is 2.50 bits per heavy atom. The third kappa shape index (κ3) is 4.69. The molecule has 0 atom stereocenters. The van der Waals surface area contributed by atoms with Crippen molar-refractivity contribution in [1.82, 2.24) is 5.43 Å². The second kappa shape index (κ2) is 7.78. The van der Waals surface area contributed by atoms with Crippen LogP contribution in [0.25, 0.3) is 0 Å². The third-order valence-electron chi connectivity index (χ3n) is 2.99. The summed E-state index contributed by atoms with van der Waals surface area (Å²) in [5.74, 6) is 0.577. The monoisotopic (exact) mass is 353 g/mol. The molecule has 0 spiro atoms. The van der Waals surface area contributed by atoms with Gasteiger partial charge in [0.15, 0.2) is 5.11 Å². The summed E-state index contributed by atoms with van der Waals surface area (Å²) < 4.78 is 43.8. The van der Waals surface area contributed by atoms with E-state index in [4.69, 9.17) is 17.0 Å². The van der Waals surface area contributed by atoms with E-state index < -0.39 is 11.7 Å². The van der Waals surface area contributed by atoms with Gasteiger partial charge in [-0.1, -0.05) is 30.3 Å². The smallest absolute Gasteiger partial charge is 0.417 e. The molecular weight excluding hydrogens is 339 g/mol. The number of anilines is 1. The number of halogens is 3. The molecule has 2 aromatic carbocycles. The molecule has 0 heterocycles. The first-order valence-electron chi connectivity index (χ1n) is 6.81. The molecule has 126 valence electrons. The summed E-state index contributed by atoms with van der Waals surface area (Å²) in [7, 11) is 1.52. The number of hydrazone groups is 1. The number of rotatable bonds is 4. The van der Waals surface area contributed by atoms with Crippen molar-refractivity contribution in [3.8, 4) is 5.75 Å². The molecule has 0 saturated heterocycles. The van der Waals surface area contributed by atoms with Crippen LogP contribution in [0.15, 0.2) is 53.6 Å². The van der Waals surface area contributed by atoms with Crippen molar-refractivity contribution in [2.75, 3.05) is 12.4 Å². The molecule has 0 aliphatic carbocycles. The lowest BCUT2D eigenvalue weighted by Gasteiger charge is -2.11. The van der Waals surface area contributed by atoms with Gasteiger partial charge in [0.25, 0.3) is 0 Å². The number of methoxy groups -OCH3 is 1. The summed E-state index contributed by atoms with van der Waals surface area (Å²) in [4.78, 5) is 0. The number of hydrogen-bond donors (Lipinski definition) is 2. The summed E-state index contributed by atoms with van der Waals surface area (Å²) in [5.41, 5.74) is 2.27. The average Bonchev–Trinajstić information content (AvgIpc) is 2.55. The Bertz CT molecular complexity index is 747. The highest BCUT2D eigenvalue weighted by Gasteiger charge is 2.32. The molecule has 0 bridgehead atoms. The van der Waals surface area contributed by atoms with Gasteiger partial charge in [-0.25, -0.2) is 0 Å². The van der Waals surface area contributed by atoms with Gasteiger partial charge in [0.05, 0.1) is 24.6 Å². The fraction of sp³-hybridized carbons (Fsp3) is 0.125. The quantitative estimate of drug-likeness (QED) is 0.495.